The molecule has 0 aliphatic rings. The summed E-state index contributed by atoms with van der Waals surface area (Å²) >= 11 is 0. The van der Waals surface area contributed by atoms with Gasteiger partial charge in [0.05, 0.1) is 0 Å². The van der Waals surface area contributed by atoms with E-state index in [0.29, 0.717) is 0 Å². The number of thiol groups is 1. The Labute approximate surface area is 84.9 Å². The van der Waals surface area contributed by atoms with Gasteiger partial charge < -0.3 is 4.74 Å². The SMILES string of the molecule is C=C(C)C(=O)OCC(C)(C)O[SH](=O)=O. The van der Waals surface area contributed by atoms with Gasteiger partial charge in [0.15, 0.2) is 0 Å². The Morgan fingerprint density at radius 2 is 1.93 bits per heavy atom. The first-order valence-electron chi connectivity index (χ1n) is 3.91. The zero-order chi connectivity index (χ0) is 11.4. The van der Waals surface area contributed by atoms with Crippen molar-refractivity contribution in [3.8, 4) is 0 Å². The zero-order valence-corrected chi connectivity index (χ0v) is 9.30. The third kappa shape index (κ3) is 5.71. The Morgan fingerprint density at radius 3 is 2.29 bits per heavy atom. The van der Waals surface area contributed by atoms with Crippen molar-refractivity contribution in [2.75, 3.05) is 6.61 Å². The van der Waals surface area contributed by atoms with Crippen LogP contribution < -0.4 is 0 Å². The van der Waals surface area contributed by atoms with Crippen molar-refractivity contribution in [1.29, 1.82) is 0 Å². The smallest absolute Gasteiger partial charge is 0.333 e. The van der Waals surface area contributed by atoms with E-state index in [1.54, 1.807) is 0 Å². The van der Waals surface area contributed by atoms with Crippen LogP contribution in [0.1, 0.15) is 20.8 Å². The molecule has 5 nitrogen and oxygen atoms in total. The summed E-state index contributed by atoms with van der Waals surface area (Å²) in [6.45, 7) is 7.76. The first kappa shape index (κ1) is 13.1. The lowest BCUT2D eigenvalue weighted by Gasteiger charge is -2.20. The molecule has 0 aromatic heterocycles. The van der Waals surface area contributed by atoms with Crippen LogP contribution in [0, 0.1) is 0 Å². The van der Waals surface area contributed by atoms with E-state index >= 15 is 0 Å². The van der Waals surface area contributed by atoms with Crippen molar-refractivity contribution in [3.63, 3.8) is 0 Å². The molecule has 0 aromatic rings. The summed E-state index contributed by atoms with van der Waals surface area (Å²) in [5.41, 5.74) is -0.785. The molecule has 0 amide bonds. The molecule has 0 fully saturated rings. The maximum Gasteiger partial charge on any atom is 0.333 e. The Balaban J connectivity index is 4.11. The van der Waals surface area contributed by atoms with E-state index in [-0.39, 0.29) is 12.2 Å². The fourth-order valence-electron chi connectivity index (χ4n) is 0.591. The van der Waals surface area contributed by atoms with Crippen LogP contribution in [0.5, 0.6) is 0 Å². The van der Waals surface area contributed by atoms with E-state index in [4.69, 9.17) is 4.74 Å². The summed E-state index contributed by atoms with van der Waals surface area (Å²) in [6.07, 6.45) is 0. The normalized spacial score (nSPS) is 11.4. The summed E-state index contributed by atoms with van der Waals surface area (Å²) < 4.78 is 29.8. The second-order valence-electron chi connectivity index (χ2n) is 3.43. The average molecular weight is 222 g/mol. The van der Waals surface area contributed by atoms with Crippen molar-refractivity contribution < 1.29 is 22.1 Å². The van der Waals surface area contributed by atoms with Crippen LogP contribution >= 0.6 is 0 Å². The first-order chi connectivity index (χ1) is 6.24. The predicted octanol–water partition coefficient (Wildman–Crippen LogP) is 0.427. The molecule has 0 atom stereocenters. The van der Waals surface area contributed by atoms with Crippen LogP contribution in [0.3, 0.4) is 0 Å². The van der Waals surface area contributed by atoms with Crippen LogP contribution in [0.15, 0.2) is 12.2 Å². The second-order valence-corrected chi connectivity index (χ2v) is 4.06. The summed E-state index contributed by atoms with van der Waals surface area (Å²) in [4.78, 5) is 10.9. The lowest BCUT2D eigenvalue weighted by Crippen LogP contribution is -2.31. The van der Waals surface area contributed by atoms with Crippen LogP contribution in [-0.4, -0.2) is 26.6 Å². The van der Waals surface area contributed by atoms with Gasteiger partial charge in [-0.05, 0) is 20.8 Å². The quantitative estimate of drug-likeness (QED) is 0.415. The lowest BCUT2D eigenvalue weighted by atomic mass is 10.2. The highest BCUT2D eigenvalue weighted by Gasteiger charge is 2.22. The van der Waals surface area contributed by atoms with Crippen LogP contribution in [0.25, 0.3) is 0 Å². The first-order valence-corrected chi connectivity index (χ1v) is 5.00. The van der Waals surface area contributed by atoms with E-state index < -0.39 is 22.6 Å². The molecule has 0 bridgehead atoms. The van der Waals surface area contributed by atoms with Crippen molar-refractivity contribution in [3.05, 3.63) is 12.2 Å². The Kier molecular flexibility index (Phi) is 4.79. The average Bonchev–Trinajstić information content (AvgIpc) is 1.97. The highest BCUT2D eigenvalue weighted by Crippen LogP contribution is 2.10. The largest absolute Gasteiger partial charge is 0.459 e. The van der Waals surface area contributed by atoms with Gasteiger partial charge in [0.25, 0.3) is 11.0 Å². The Bertz CT molecular complexity index is 295. The van der Waals surface area contributed by atoms with Crippen LogP contribution in [0.4, 0.5) is 0 Å². The second kappa shape index (κ2) is 5.11. The third-order valence-corrected chi connectivity index (χ3v) is 1.86. The molecule has 0 rings (SSSR count). The lowest BCUT2D eigenvalue weighted by molar-refractivity contribution is -0.143. The van der Waals surface area contributed by atoms with E-state index in [9.17, 15) is 13.2 Å². The van der Waals surface area contributed by atoms with Crippen LogP contribution in [-0.2, 0) is 24.7 Å². The van der Waals surface area contributed by atoms with Gasteiger partial charge in [-0.1, -0.05) is 6.58 Å². The number of hydrogen-bond acceptors (Lipinski definition) is 5. The zero-order valence-electron chi connectivity index (χ0n) is 8.40. The molecule has 0 aliphatic carbocycles. The Morgan fingerprint density at radius 1 is 1.43 bits per heavy atom. The number of rotatable bonds is 5. The molecule has 0 saturated heterocycles. The van der Waals surface area contributed by atoms with Gasteiger partial charge in [0, 0.05) is 5.57 Å². The molecule has 0 aromatic carbocycles. The number of carbonyl (C=O) groups excluding carboxylic acids is 1. The molecule has 0 N–H and O–H groups in total. The van der Waals surface area contributed by atoms with E-state index in [1.165, 1.54) is 20.8 Å². The molecule has 0 heterocycles. The van der Waals surface area contributed by atoms with E-state index in [0.717, 1.165) is 0 Å². The minimum atomic E-state index is -2.95. The number of hydrogen-bond donors (Lipinski definition) is 1. The molecule has 0 aliphatic heterocycles. The van der Waals surface area contributed by atoms with E-state index in [1.807, 2.05) is 0 Å². The van der Waals surface area contributed by atoms with Gasteiger partial charge in [0.2, 0.25) is 0 Å². The van der Waals surface area contributed by atoms with Gasteiger partial charge >= 0.3 is 5.97 Å². The maximum atomic E-state index is 10.9. The summed E-state index contributed by atoms with van der Waals surface area (Å²) in [5, 5.41) is 0. The van der Waals surface area contributed by atoms with Crippen LogP contribution in [0.2, 0.25) is 0 Å². The van der Waals surface area contributed by atoms with Crippen molar-refractivity contribution >= 4 is 17.0 Å². The number of ether oxygens (including phenoxy) is 1. The summed E-state index contributed by atoms with van der Waals surface area (Å²) in [7, 11) is -2.95. The van der Waals surface area contributed by atoms with Crippen molar-refractivity contribution in [2.24, 2.45) is 0 Å². The maximum absolute atomic E-state index is 10.9. The summed E-state index contributed by atoms with van der Waals surface area (Å²) in [5.74, 6) is -0.567. The molecule has 0 saturated carbocycles. The van der Waals surface area contributed by atoms with E-state index in [2.05, 4.69) is 10.8 Å². The van der Waals surface area contributed by atoms with Crippen molar-refractivity contribution in [2.45, 2.75) is 26.4 Å². The molecular weight excluding hydrogens is 208 g/mol. The fourth-order valence-corrected chi connectivity index (χ4v) is 1.05. The molecule has 82 valence electrons. The minimum Gasteiger partial charge on any atom is -0.459 e. The molecule has 0 unspecified atom stereocenters. The number of carbonyl (C=O) groups is 1. The highest BCUT2D eigenvalue weighted by molar-refractivity contribution is 7.67. The van der Waals surface area contributed by atoms with Gasteiger partial charge in [-0.15, -0.1) is 0 Å². The molecule has 6 heteroatoms. The number of esters is 1. The predicted molar refractivity (Wildman–Crippen MR) is 51.3 cm³/mol. The molecule has 0 radical (unpaired) electrons. The monoisotopic (exact) mass is 222 g/mol. The highest BCUT2D eigenvalue weighted by atomic mass is 32.2. The standard InChI is InChI=1S/C8H14O5S/c1-6(2)7(9)12-5-8(3,4)13-14(10)11/h14H,1,5H2,2-4H3. The topological polar surface area (TPSA) is 69.7 Å². The van der Waals surface area contributed by atoms with Gasteiger partial charge in [0.1, 0.15) is 12.2 Å². The molecule has 14 heavy (non-hydrogen) atoms. The van der Waals surface area contributed by atoms with Crippen molar-refractivity contribution in [1.82, 2.24) is 0 Å². The molecule has 0 spiro atoms. The Hall–Kier alpha value is -0.880. The minimum absolute atomic E-state index is 0.137. The summed E-state index contributed by atoms with van der Waals surface area (Å²) in [6, 6.07) is 0. The van der Waals surface area contributed by atoms with Gasteiger partial charge in [-0.3, -0.25) is 4.18 Å². The molecular formula is C8H14O5S. The fraction of sp³-hybridized carbons (Fsp3) is 0.625. The third-order valence-electron chi connectivity index (χ3n) is 1.22. The van der Waals surface area contributed by atoms with Gasteiger partial charge in [-0.25, -0.2) is 13.2 Å². The van der Waals surface area contributed by atoms with Gasteiger partial charge in [-0.2, -0.15) is 0 Å².